The standard InChI is InChI=1S/C20H19N3OS/c1-14-18(25-20(22-14)16-9-4-5-11-21-16)13-19(24)23-12-6-8-15-7-2-3-10-17(15)23/h2-5,7,9-11H,6,8,12-13H2,1H3. The van der Waals surface area contributed by atoms with Crippen LogP contribution in [0.3, 0.4) is 0 Å². The minimum Gasteiger partial charge on any atom is -0.312 e. The quantitative estimate of drug-likeness (QED) is 0.717. The van der Waals surface area contributed by atoms with Gasteiger partial charge in [0.2, 0.25) is 5.91 Å². The Morgan fingerprint density at radius 2 is 2.04 bits per heavy atom. The van der Waals surface area contributed by atoms with Crippen molar-refractivity contribution in [1.29, 1.82) is 0 Å². The molecule has 1 amide bonds. The van der Waals surface area contributed by atoms with E-state index >= 15 is 0 Å². The van der Waals surface area contributed by atoms with E-state index in [-0.39, 0.29) is 5.91 Å². The number of para-hydroxylation sites is 1. The van der Waals surface area contributed by atoms with Crippen molar-refractivity contribution in [1.82, 2.24) is 9.97 Å². The normalized spacial score (nSPS) is 13.6. The molecule has 4 nitrogen and oxygen atoms in total. The zero-order chi connectivity index (χ0) is 17.2. The van der Waals surface area contributed by atoms with E-state index in [1.807, 2.05) is 48.2 Å². The molecule has 1 aliphatic rings. The highest BCUT2D eigenvalue weighted by atomic mass is 32.1. The molecule has 0 spiro atoms. The van der Waals surface area contributed by atoms with Gasteiger partial charge in [-0.05, 0) is 43.5 Å². The lowest BCUT2D eigenvalue weighted by molar-refractivity contribution is -0.118. The Balaban J connectivity index is 1.57. The molecule has 0 N–H and O–H groups in total. The van der Waals surface area contributed by atoms with Crippen LogP contribution in [-0.2, 0) is 17.6 Å². The molecule has 3 heterocycles. The third-order valence-corrected chi connectivity index (χ3v) is 5.68. The second-order valence-electron chi connectivity index (χ2n) is 6.20. The Morgan fingerprint density at radius 3 is 2.88 bits per heavy atom. The summed E-state index contributed by atoms with van der Waals surface area (Å²) < 4.78 is 0. The van der Waals surface area contributed by atoms with Crippen molar-refractivity contribution >= 4 is 22.9 Å². The van der Waals surface area contributed by atoms with Gasteiger partial charge in [-0.25, -0.2) is 4.98 Å². The molecule has 0 saturated heterocycles. The van der Waals surface area contributed by atoms with Gasteiger partial charge in [-0.15, -0.1) is 11.3 Å². The molecule has 3 aromatic rings. The number of hydrogen-bond donors (Lipinski definition) is 0. The van der Waals surface area contributed by atoms with Gasteiger partial charge in [-0.2, -0.15) is 0 Å². The maximum atomic E-state index is 12.9. The summed E-state index contributed by atoms with van der Waals surface area (Å²) in [5.41, 5.74) is 4.10. The summed E-state index contributed by atoms with van der Waals surface area (Å²) in [6.07, 6.45) is 4.22. The van der Waals surface area contributed by atoms with Crippen molar-refractivity contribution in [2.24, 2.45) is 0 Å². The average molecular weight is 349 g/mol. The van der Waals surface area contributed by atoms with E-state index in [1.54, 1.807) is 17.5 Å². The Hall–Kier alpha value is -2.53. The van der Waals surface area contributed by atoms with Gasteiger partial charge >= 0.3 is 0 Å². The second kappa shape index (κ2) is 6.76. The molecule has 0 aliphatic carbocycles. The van der Waals surface area contributed by atoms with E-state index in [4.69, 9.17) is 0 Å². The lowest BCUT2D eigenvalue weighted by Crippen LogP contribution is -2.36. The predicted octanol–water partition coefficient (Wildman–Crippen LogP) is 4.04. The highest BCUT2D eigenvalue weighted by Gasteiger charge is 2.23. The van der Waals surface area contributed by atoms with Crippen LogP contribution in [0, 0.1) is 6.92 Å². The Morgan fingerprint density at radius 1 is 1.20 bits per heavy atom. The smallest absolute Gasteiger partial charge is 0.232 e. The lowest BCUT2D eigenvalue weighted by Gasteiger charge is -2.29. The van der Waals surface area contributed by atoms with Gasteiger partial charge in [-0.1, -0.05) is 24.3 Å². The van der Waals surface area contributed by atoms with E-state index in [1.165, 1.54) is 5.56 Å². The summed E-state index contributed by atoms with van der Waals surface area (Å²) in [5, 5.41) is 0.875. The molecule has 0 radical (unpaired) electrons. The number of thiazole rings is 1. The van der Waals surface area contributed by atoms with Crippen LogP contribution in [0.5, 0.6) is 0 Å². The molecule has 0 saturated carbocycles. The van der Waals surface area contributed by atoms with Gasteiger partial charge in [0.05, 0.1) is 17.8 Å². The highest BCUT2D eigenvalue weighted by molar-refractivity contribution is 7.15. The summed E-state index contributed by atoms with van der Waals surface area (Å²) in [6, 6.07) is 14.0. The number of pyridine rings is 1. The zero-order valence-corrected chi connectivity index (χ0v) is 14.9. The van der Waals surface area contributed by atoms with Gasteiger partial charge in [0.15, 0.2) is 0 Å². The highest BCUT2D eigenvalue weighted by Crippen LogP contribution is 2.30. The number of rotatable bonds is 3. The van der Waals surface area contributed by atoms with Crippen molar-refractivity contribution in [3.8, 4) is 10.7 Å². The summed E-state index contributed by atoms with van der Waals surface area (Å²) in [4.78, 5) is 24.8. The van der Waals surface area contributed by atoms with Crippen LogP contribution in [0.2, 0.25) is 0 Å². The van der Waals surface area contributed by atoms with E-state index in [2.05, 4.69) is 16.0 Å². The fraction of sp³-hybridized carbons (Fsp3) is 0.250. The summed E-state index contributed by atoms with van der Waals surface area (Å²) in [5.74, 6) is 0.145. The molecule has 4 rings (SSSR count). The zero-order valence-electron chi connectivity index (χ0n) is 14.1. The predicted molar refractivity (Wildman–Crippen MR) is 101 cm³/mol. The summed E-state index contributed by atoms with van der Waals surface area (Å²) in [7, 11) is 0. The fourth-order valence-corrected chi connectivity index (χ4v) is 4.25. The molecule has 0 bridgehead atoms. The van der Waals surface area contributed by atoms with Crippen LogP contribution < -0.4 is 4.90 Å². The number of nitrogens with zero attached hydrogens (tertiary/aromatic N) is 3. The van der Waals surface area contributed by atoms with Gasteiger partial charge < -0.3 is 4.90 Å². The maximum absolute atomic E-state index is 12.9. The molecule has 1 aliphatic heterocycles. The topological polar surface area (TPSA) is 46.1 Å². The third-order valence-electron chi connectivity index (χ3n) is 4.50. The number of carbonyl (C=O) groups is 1. The number of benzene rings is 1. The Bertz CT molecular complexity index is 904. The SMILES string of the molecule is Cc1nc(-c2ccccn2)sc1CC(=O)N1CCCc2ccccc21. The largest absolute Gasteiger partial charge is 0.312 e. The van der Waals surface area contributed by atoms with Crippen LogP contribution in [0.15, 0.2) is 48.7 Å². The molecule has 1 aromatic carbocycles. The number of aryl methyl sites for hydroxylation is 2. The monoisotopic (exact) mass is 349 g/mol. The number of hydrogen-bond acceptors (Lipinski definition) is 4. The van der Waals surface area contributed by atoms with E-state index in [0.717, 1.165) is 46.3 Å². The van der Waals surface area contributed by atoms with Crippen LogP contribution in [0.4, 0.5) is 5.69 Å². The number of anilines is 1. The van der Waals surface area contributed by atoms with E-state index in [9.17, 15) is 4.79 Å². The van der Waals surface area contributed by atoms with Gasteiger partial charge in [0.1, 0.15) is 5.01 Å². The van der Waals surface area contributed by atoms with Crippen LogP contribution >= 0.6 is 11.3 Å². The molecule has 0 atom stereocenters. The maximum Gasteiger partial charge on any atom is 0.232 e. The summed E-state index contributed by atoms with van der Waals surface area (Å²) in [6.45, 7) is 2.76. The molecular weight excluding hydrogens is 330 g/mol. The van der Waals surface area contributed by atoms with Gasteiger partial charge in [0, 0.05) is 23.3 Å². The number of carbonyl (C=O) groups excluding carboxylic acids is 1. The van der Waals surface area contributed by atoms with Crippen molar-refractivity contribution < 1.29 is 4.79 Å². The summed E-state index contributed by atoms with van der Waals surface area (Å²) >= 11 is 1.57. The number of fused-ring (bicyclic) bond motifs is 1. The molecule has 0 fully saturated rings. The Kier molecular flexibility index (Phi) is 4.32. The molecule has 25 heavy (non-hydrogen) atoms. The molecule has 2 aromatic heterocycles. The molecule has 0 unspecified atom stereocenters. The van der Waals surface area contributed by atoms with Crippen molar-refractivity contribution in [2.45, 2.75) is 26.2 Å². The Labute approximate surface area is 151 Å². The van der Waals surface area contributed by atoms with Crippen molar-refractivity contribution in [2.75, 3.05) is 11.4 Å². The van der Waals surface area contributed by atoms with Crippen LogP contribution in [0.25, 0.3) is 10.7 Å². The lowest BCUT2D eigenvalue weighted by atomic mass is 10.0. The first-order valence-corrected chi connectivity index (χ1v) is 9.30. The molecule has 126 valence electrons. The number of amides is 1. The van der Waals surface area contributed by atoms with Crippen LogP contribution in [-0.4, -0.2) is 22.4 Å². The first kappa shape index (κ1) is 16.0. The van der Waals surface area contributed by atoms with Crippen molar-refractivity contribution in [3.05, 3.63) is 64.8 Å². The number of aromatic nitrogens is 2. The first-order valence-electron chi connectivity index (χ1n) is 8.48. The van der Waals surface area contributed by atoms with E-state index in [0.29, 0.717) is 6.42 Å². The minimum atomic E-state index is 0.145. The second-order valence-corrected chi connectivity index (χ2v) is 7.28. The van der Waals surface area contributed by atoms with Gasteiger partial charge in [0.25, 0.3) is 0 Å². The molecular formula is C20H19N3OS. The van der Waals surface area contributed by atoms with Crippen LogP contribution in [0.1, 0.15) is 22.6 Å². The van der Waals surface area contributed by atoms with Gasteiger partial charge in [-0.3, -0.25) is 9.78 Å². The van der Waals surface area contributed by atoms with Crippen molar-refractivity contribution in [3.63, 3.8) is 0 Å². The first-order chi connectivity index (χ1) is 12.2. The van der Waals surface area contributed by atoms with E-state index < -0.39 is 0 Å². The average Bonchev–Trinajstić information content (AvgIpc) is 3.02. The fourth-order valence-electron chi connectivity index (χ4n) is 3.22. The minimum absolute atomic E-state index is 0.145. The molecule has 5 heteroatoms. The third kappa shape index (κ3) is 3.20.